The summed E-state index contributed by atoms with van der Waals surface area (Å²) in [6, 6.07) is 9.68. The van der Waals surface area contributed by atoms with E-state index in [-0.39, 0.29) is 18.1 Å². The lowest BCUT2D eigenvalue weighted by Crippen LogP contribution is -2.36. The van der Waals surface area contributed by atoms with Crippen LogP contribution in [0.2, 0.25) is 0 Å². The van der Waals surface area contributed by atoms with Gasteiger partial charge in [0.1, 0.15) is 5.82 Å². The minimum absolute atomic E-state index is 0.0269. The molecule has 3 rings (SSSR count). The first kappa shape index (κ1) is 12.0. The maximum absolute atomic E-state index is 12.8. The number of thiophene rings is 1. The van der Waals surface area contributed by atoms with Gasteiger partial charge in [0.15, 0.2) is 12.4 Å². The Kier molecular flexibility index (Phi) is 3.09. The molecule has 0 amide bonds. The molecule has 0 aliphatic rings. The number of benzene rings is 1. The van der Waals surface area contributed by atoms with Crippen LogP contribution in [-0.4, -0.2) is 5.78 Å². The number of nitrogens with zero attached hydrogens (tertiary/aromatic N) is 1. The van der Waals surface area contributed by atoms with Gasteiger partial charge in [0, 0.05) is 17.0 Å². The SMILES string of the molecule is O=C(C[n+]1ccc2ccsc2c1)c1ccc(F)cc1. The fourth-order valence-electron chi connectivity index (χ4n) is 1.93. The summed E-state index contributed by atoms with van der Waals surface area (Å²) >= 11 is 1.64. The zero-order valence-electron chi connectivity index (χ0n) is 10.0. The number of halogens is 1. The molecule has 1 aromatic carbocycles. The molecule has 0 spiro atoms. The maximum atomic E-state index is 12.8. The lowest BCUT2D eigenvalue weighted by Gasteiger charge is -1.98. The fraction of sp³-hybridized carbons (Fsp3) is 0.0667. The summed E-state index contributed by atoms with van der Waals surface area (Å²) in [5.41, 5.74) is 0.528. The molecule has 0 unspecified atom stereocenters. The van der Waals surface area contributed by atoms with E-state index < -0.39 is 0 Å². The number of hydrogen-bond acceptors (Lipinski definition) is 2. The van der Waals surface area contributed by atoms with Crippen molar-refractivity contribution < 1.29 is 13.8 Å². The molecule has 0 aliphatic heterocycles. The Balaban J connectivity index is 1.83. The molecule has 0 aliphatic carbocycles. The molecule has 94 valence electrons. The molecule has 3 aromatic rings. The summed E-state index contributed by atoms with van der Waals surface area (Å²) < 4.78 is 15.8. The average Bonchev–Trinajstić information content (AvgIpc) is 2.87. The number of pyridine rings is 1. The number of ketones is 1. The quantitative estimate of drug-likeness (QED) is 0.530. The van der Waals surface area contributed by atoms with Gasteiger partial charge in [0.25, 0.3) is 0 Å². The zero-order chi connectivity index (χ0) is 13.2. The smallest absolute Gasteiger partial charge is 0.227 e. The van der Waals surface area contributed by atoms with E-state index >= 15 is 0 Å². The largest absolute Gasteiger partial charge is 0.287 e. The highest BCUT2D eigenvalue weighted by Crippen LogP contribution is 2.17. The third-order valence-corrected chi connectivity index (χ3v) is 3.82. The zero-order valence-corrected chi connectivity index (χ0v) is 10.9. The van der Waals surface area contributed by atoms with Crippen LogP contribution in [0.5, 0.6) is 0 Å². The van der Waals surface area contributed by atoms with E-state index in [0.29, 0.717) is 5.56 Å². The van der Waals surface area contributed by atoms with Crippen LogP contribution in [-0.2, 0) is 6.54 Å². The van der Waals surface area contributed by atoms with Gasteiger partial charge in [-0.3, -0.25) is 4.79 Å². The molecule has 0 saturated carbocycles. The van der Waals surface area contributed by atoms with Gasteiger partial charge in [-0.2, -0.15) is 4.57 Å². The van der Waals surface area contributed by atoms with Crippen LogP contribution in [0.15, 0.2) is 54.2 Å². The Hall–Kier alpha value is -2.07. The number of hydrogen-bond donors (Lipinski definition) is 0. The Morgan fingerprint density at radius 1 is 1.16 bits per heavy atom. The minimum atomic E-state index is -0.329. The molecule has 0 fully saturated rings. The first-order valence-corrected chi connectivity index (χ1v) is 6.75. The van der Waals surface area contributed by atoms with Crippen molar-refractivity contribution in [2.45, 2.75) is 6.54 Å². The monoisotopic (exact) mass is 272 g/mol. The van der Waals surface area contributed by atoms with Gasteiger partial charge in [0.2, 0.25) is 12.3 Å². The highest BCUT2D eigenvalue weighted by Gasteiger charge is 2.13. The Morgan fingerprint density at radius 2 is 1.95 bits per heavy atom. The van der Waals surface area contributed by atoms with Crippen LogP contribution in [0.4, 0.5) is 4.39 Å². The van der Waals surface area contributed by atoms with Crippen LogP contribution in [0, 0.1) is 5.82 Å². The van der Waals surface area contributed by atoms with Crippen molar-refractivity contribution in [3.8, 4) is 0 Å². The summed E-state index contributed by atoms with van der Waals surface area (Å²) in [7, 11) is 0. The summed E-state index contributed by atoms with van der Waals surface area (Å²) in [5, 5.41) is 3.20. The molecule has 2 nitrogen and oxygen atoms in total. The standard InChI is InChI=1S/C15H11FNOS/c16-13-3-1-11(2-4-13)14(18)9-17-7-5-12-6-8-19-15(12)10-17/h1-8,10H,9H2/q+1. The molecule has 2 heterocycles. The summed E-state index contributed by atoms with van der Waals surface area (Å²) in [6.45, 7) is 0.263. The van der Waals surface area contributed by atoms with Crippen molar-refractivity contribution in [3.05, 3.63) is 65.6 Å². The van der Waals surface area contributed by atoms with Crippen LogP contribution in [0.3, 0.4) is 0 Å². The van der Waals surface area contributed by atoms with Gasteiger partial charge in [-0.1, -0.05) is 0 Å². The molecule has 0 N–H and O–H groups in total. The number of carbonyl (C=O) groups excluding carboxylic acids is 1. The van der Waals surface area contributed by atoms with Crippen molar-refractivity contribution in [2.75, 3.05) is 0 Å². The molecule has 0 radical (unpaired) electrons. The van der Waals surface area contributed by atoms with E-state index in [1.807, 2.05) is 34.5 Å². The summed E-state index contributed by atoms with van der Waals surface area (Å²) in [5.74, 6) is -0.356. The number of fused-ring (bicyclic) bond motifs is 1. The first-order valence-electron chi connectivity index (χ1n) is 5.87. The predicted molar refractivity (Wildman–Crippen MR) is 72.8 cm³/mol. The van der Waals surface area contributed by atoms with Gasteiger partial charge in [-0.25, -0.2) is 4.39 Å². The van der Waals surface area contributed by atoms with Gasteiger partial charge in [-0.15, -0.1) is 11.3 Å². The number of rotatable bonds is 3. The van der Waals surface area contributed by atoms with Crippen molar-refractivity contribution in [3.63, 3.8) is 0 Å². The second kappa shape index (κ2) is 4.90. The average molecular weight is 272 g/mol. The molecule has 0 bridgehead atoms. The van der Waals surface area contributed by atoms with Crippen molar-refractivity contribution in [1.82, 2.24) is 0 Å². The minimum Gasteiger partial charge on any atom is -0.287 e. The molecular formula is C15H11FNOS+. The van der Waals surface area contributed by atoms with Gasteiger partial charge >= 0.3 is 0 Å². The Bertz CT molecular complexity index is 733. The van der Waals surface area contributed by atoms with Crippen LogP contribution < -0.4 is 4.57 Å². The molecule has 2 aromatic heterocycles. The van der Waals surface area contributed by atoms with Crippen molar-refractivity contribution >= 4 is 27.2 Å². The molecule has 0 atom stereocenters. The lowest BCUT2D eigenvalue weighted by molar-refractivity contribution is -0.681. The van der Waals surface area contributed by atoms with E-state index in [0.717, 1.165) is 4.70 Å². The lowest BCUT2D eigenvalue weighted by atomic mass is 10.1. The molecular weight excluding hydrogens is 261 g/mol. The van der Waals surface area contributed by atoms with Gasteiger partial charge < -0.3 is 0 Å². The van der Waals surface area contributed by atoms with Gasteiger partial charge in [0.05, 0.1) is 4.70 Å². The van der Waals surface area contributed by atoms with E-state index in [4.69, 9.17) is 0 Å². The Labute approximate surface area is 113 Å². The third kappa shape index (κ3) is 2.53. The summed E-state index contributed by atoms with van der Waals surface area (Å²) in [4.78, 5) is 12.1. The second-order valence-electron chi connectivity index (χ2n) is 4.29. The topological polar surface area (TPSA) is 20.9 Å². The van der Waals surface area contributed by atoms with E-state index in [1.54, 1.807) is 11.3 Å². The number of aromatic nitrogens is 1. The predicted octanol–water partition coefficient (Wildman–Crippen LogP) is 3.21. The Morgan fingerprint density at radius 3 is 2.74 bits per heavy atom. The molecule has 4 heteroatoms. The van der Waals surface area contributed by atoms with Crippen LogP contribution in [0.25, 0.3) is 10.1 Å². The number of carbonyl (C=O) groups is 1. The maximum Gasteiger partial charge on any atom is 0.227 e. The third-order valence-electron chi connectivity index (χ3n) is 2.95. The first-order chi connectivity index (χ1) is 9.22. The molecule has 19 heavy (non-hydrogen) atoms. The van der Waals surface area contributed by atoms with E-state index in [2.05, 4.69) is 0 Å². The van der Waals surface area contributed by atoms with Crippen molar-refractivity contribution in [2.24, 2.45) is 0 Å². The fourth-order valence-corrected chi connectivity index (χ4v) is 2.76. The van der Waals surface area contributed by atoms with E-state index in [1.165, 1.54) is 29.7 Å². The second-order valence-corrected chi connectivity index (χ2v) is 5.24. The summed E-state index contributed by atoms with van der Waals surface area (Å²) in [6.07, 6.45) is 3.85. The van der Waals surface area contributed by atoms with E-state index in [9.17, 15) is 9.18 Å². The normalized spacial score (nSPS) is 10.8. The highest BCUT2D eigenvalue weighted by atomic mass is 32.1. The highest BCUT2D eigenvalue weighted by molar-refractivity contribution is 7.17. The van der Waals surface area contributed by atoms with Crippen molar-refractivity contribution in [1.29, 1.82) is 0 Å². The van der Waals surface area contributed by atoms with Crippen LogP contribution in [0.1, 0.15) is 10.4 Å². The molecule has 0 saturated heterocycles. The number of Topliss-reactive ketones (excluding diaryl/α,β-unsaturated/α-hetero) is 1. The van der Waals surface area contributed by atoms with Crippen LogP contribution >= 0.6 is 11.3 Å². The van der Waals surface area contributed by atoms with Gasteiger partial charge in [-0.05, 0) is 35.7 Å².